The van der Waals surface area contributed by atoms with Gasteiger partial charge in [0.2, 0.25) is 0 Å². The van der Waals surface area contributed by atoms with Crippen molar-refractivity contribution >= 4 is 17.5 Å². The highest BCUT2D eigenvalue weighted by atomic mass is 35.5. The lowest BCUT2D eigenvalue weighted by molar-refractivity contribution is -0.137. The molecule has 1 rings (SSSR count). The molecular weight excluding hydrogens is 205 g/mol. The van der Waals surface area contributed by atoms with Crippen LogP contribution in [0, 0.1) is 0 Å². The van der Waals surface area contributed by atoms with Crippen molar-refractivity contribution in [3.63, 3.8) is 0 Å². The summed E-state index contributed by atoms with van der Waals surface area (Å²) in [6.07, 6.45) is -4.30. The standard InChI is InChI=1S/C7H6ClF3N2/c8-13-12-6-3-1-5(2-4-6)7(9,10)11/h1-4,12-13H. The molecule has 0 saturated carbocycles. The first-order chi connectivity index (χ1) is 6.04. The summed E-state index contributed by atoms with van der Waals surface area (Å²) in [5, 5.41) is 0. The monoisotopic (exact) mass is 210 g/mol. The number of halogens is 4. The molecule has 0 aliphatic rings. The number of hydrogen-bond acceptors (Lipinski definition) is 2. The predicted molar refractivity (Wildman–Crippen MR) is 44.1 cm³/mol. The predicted octanol–water partition coefficient (Wildman–Crippen LogP) is 2.78. The highest BCUT2D eigenvalue weighted by Crippen LogP contribution is 2.29. The Morgan fingerprint density at radius 3 is 2.00 bits per heavy atom. The molecule has 0 radical (unpaired) electrons. The Morgan fingerprint density at radius 2 is 1.62 bits per heavy atom. The number of alkyl halides is 3. The molecule has 13 heavy (non-hydrogen) atoms. The van der Waals surface area contributed by atoms with Crippen molar-refractivity contribution in [2.75, 3.05) is 5.43 Å². The number of rotatable bonds is 2. The average molecular weight is 211 g/mol. The minimum absolute atomic E-state index is 0.461. The van der Waals surface area contributed by atoms with Crippen LogP contribution < -0.4 is 10.4 Å². The van der Waals surface area contributed by atoms with Crippen molar-refractivity contribution < 1.29 is 13.2 Å². The zero-order valence-corrected chi connectivity index (χ0v) is 7.08. The van der Waals surface area contributed by atoms with Crippen LogP contribution in [0.2, 0.25) is 0 Å². The highest BCUT2D eigenvalue weighted by Gasteiger charge is 2.29. The maximum atomic E-state index is 12.0. The summed E-state index contributed by atoms with van der Waals surface area (Å²) in [7, 11) is 0. The van der Waals surface area contributed by atoms with E-state index in [4.69, 9.17) is 11.8 Å². The van der Waals surface area contributed by atoms with Gasteiger partial charge in [0.15, 0.2) is 0 Å². The molecule has 0 heterocycles. The van der Waals surface area contributed by atoms with Gasteiger partial charge in [-0.25, -0.2) is 0 Å². The van der Waals surface area contributed by atoms with Crippen LogP contribution in [0.25, 0.3) is 0 Å². The van der Waals surface area contributed by atoms with Crippen LogP contribution in [0.1, 0.15) is 5.56 Å². The first-order valence-corrected chi connectivity index (χ1v) is 3.71. The van der Waals surface area contributed by atoms with Crippen LogP contribution in [0.3, 0.4) is 0 Å². The summed E-state index contributed by atoms with van der Waals surface area (Å²) in [5.41, 5.74) is 2.21. The van der Waals surface area contributed by atoms with Crippen LogP contribution in [-0.4, -0.2) is 0 Å². The number of hydrogen-bond donors (Lipinski definition) is 2. The Kier molecular flexibility index (Phi) is 3.00. The first kappa shape index (κ1) is 10.1. The third-order valence-corrected chi connectivity index (χ3v) is 1.50. The van der Waals surface area contributed by atoms with Gasteiger partial charge in [0.05, 0.1) is 11.3 Å². The van der Waals surface area contributed by atoms with Gasteiger partial charge >= 0.3 is 6.18 Å². The van der Waals surface area contributed by atoms with Crippen molar-refractivity contribution in [3.8, 4) is 0 Å². The van der Waals surface area contributed by atoms with E-state index in [-0.39, 0.29) is 0 Å². The molecule has 0 aliphatic heterocycles. The molecule has 0 fully saturated rings. The SMILES string of the molecule is FC(F)(F)c1ccc(NNCl)cc1. The third-order valence-electron chi connectivity index (χ3n) is 1.40. The van der Waals surface area contributed by atoms with E-state index in [2.05, 4.69) is 10.4 Å². The zero-order chi connectivity index (χ0) is 9.90. The van der Waals surface area contributed by atoms with Crippen molar-refractivity contribution in [1.82, 2.24) is 4.94 Å². The minimum atomic E-state index is -4.30. The summed E-state index contributed by atoms with van der Waals surface area (Å²) in [6, 6.07) is 4.49. The second-order valence-electron chi connectivity index (χ2n) is 2.29. The fourth-order valence-corrected chi connectivity index (χ4v) is 0.906. The Balaban J connectivity index is 2.81. The number of nitrogens with one attached hydrogen (secondary N) is 2. The van der Waals surface area contributed by atoms with Gasteiger partial charge in [-0.15, -0.1) is 4.94 Å². The lowest BCUT2D eigenvalue weighted by atomic mass is 10.2. The van der Waals surface area contributed by atoms with E-state index >= 15 is 0 Å². The quantitative estimate of drug-likeness (QED) is 0.579. The fourth-order valence-electron chi connectivity index (χ4n) is 0.797. The van der Waals surface area contributed by atoms with E-state index in [0.29, 0.717) is 5.69 Å². The second kappa shape index (κ2) is 3.85. The van der Waals surface area contributed by atoms with Crippen molar-refractivity contribution in [3.05, 3.63) is 29.8 Å². The summed E-state index contributed by atoms with van der Waals surface area (Å²) in [6.45, 7) is 0. The maximum Gasteiger partial charge on any atom is 0.416 e. The summed E-state index contributed by atoms with van der Waals surface area (Å²) in [5.74, 6) is 0. The summed E-state index contributed by atoms with van der Waals surface area (Å²) >= 11 is 5.08. The second-order valence-corrected chi connectivity index (χ2v) is 2.48. The van der Waals surface area contributed by atoms with Crippen LogP contribution in [0.5, 0.6) is 0 Å². The smallest absolute Gasteiger partial charge is 0.308 e. The molecule has 0 amide bonds. The van der Waals surface area contributed by atoms with Crippen molar-refractivity contribution in [2.24, 2.45) is 0 Å². The zero-order valence-electron chi connectivity index (χ0n) is 6.32. The molecule has 6 heteroatoms. The molecule has 0 aliphatic carbocycles. The molecule has 0 bridgehead atoms. The molecule has 0 unspecified atom stereocenters. The lowest BCUT2D eigenvalue weighted by Crippen LogP contribution is -2.09. The van der Waals surface area contributed by atoms with E-state index in [0.717, 1.165) is 12.1 Å². The molecule has 0 saturated heterocycles. The van der Waals surface area contributed by atoms with Crippen LogP contribution in [-0.2, 0) is 6.18 Å². The maximum absolute atomic E-state index is 12.0. The molecule has 2 nitrogen and oxygen atoms in total. The first-order valence-electron chi connectivity index (χ1n) is 3.33. The molecule has 1 aromatic carbocycles. The van der Waals surface area contributed by atoms with Gasteiger partial charge in [0.25, 0.3) is 0 Å². The van der Waals surface area contributed by atoms with Gasteiger partial charge in [0.1, 0.15) is 0 Å². The van der Waals surface area contributed by atoms with Gasteiger partial charge in [-0.3, -0.25) is 0 Å². The Bertz CT molecular complexity index is 270. The molecule has 1 aromatic rings. The molecule has 0 aromatic heterocycles. The van der Waals surface area contributed by atoms with Gasteiger partial charge < -0.3 is 5.43 Å². The van der Waals surface area contributed by atoms with E-state index in [1.54, 1.807) is 0 Å². The fraction of sp³-hybridized carbons (Fsp3) is 0.143. The molecule has 72 valence electrons. The molecular formula is C7H6ClF3N2. The lowest BCUT2D eigenvalue weighted by Gasteiger charge is -2.07. The van der Waals surface area contributed by atoms with Gasteiger partial charge in [-0.1, -0.05) is 0 Å². The van der Waals surface area contributed by atoms with Crippen LogP contribution in [0.15, 0.2) is 24.3 Å². The summed E-state index contributed by atoms with van der Waals surface area (Å²) in [4.78, 5) is 2.08. The van der Waals surface area contributed by atoms with E-state index in [1.807, 2.05) is 0 Å². The number of benzene rings is 1. The van der Waals surface area contributed by atoms with E-state index in [9.17, 15) is 13.2 Å². The molecule has 0 spiro atoms. The number of anilines is 1. The molecule has 0 atom stereocenters. The Labute approximate surface area is 77.8 Å². The third kappa shape index (κ3) is 2.78. The topological polar surface area (TPSA) is 24.1 Å². The average Bonchev–Trinajstić information content (AvgIpc) is 2.04. The number of hydrazine groups is 1. The van der Waals surface area contributed by atoms with Gasteiger partial charge in [-0.2, -0.15) is 13.2 Å². The Morgan fingerprint density at radius 1 is 1.08 bits per heavy atom. The largest absolute Gasteiger partial charge is 0.416 e. The molecule has 2 N–H and O–H groups in total. The van der Waals surface area contributed by atoms with Gasteiger partial charge in [0, 0.05) is 0 Å². The Hall–Kier alpha value is -0.940. The summed E-state index contributed by atoms with van der Waals surface area (Å²) < 4.78 is 36.1. The normalized spacial score (nSPS) is 11.4. The minimum Gasteiger partial charge on any atom is -0.308 e. The van der Waals surface area contributed by atoms with Crippen LogP contribution in [0.4, 0.5) is 18.9 Å². The van der Waals surface area contributed by atoms with Crippen molar-refractivity contribution in [1.29, 1.82) is 0 Å². The van der Waals surface area contributed by atoms with E-state index < -0.39 is 11.7 Å². The van der Waals surface area contributed by atoms with Crippen molar-refractivity contribution in [2.45, 2.75) is 6.18 Å². The van der Waals surface area contributed by atoms with Gasteiger partial charge in [-0.05, 0) is 36.0 Å². The van der Waals surface area contributed by atoms with Crippen LogP contribution >= 0.6 is 11.8 Å². The van der Waals surface area contributed by atoms with E-state index in [1.165, 1.54) is 12.1 Å². The highest BCUT2D eigenvalue weighted by molar-refractivity contribution is 6.13.